The number of halogens is 6. The summed E-state index contributed by atoms with van der Waals surface area (Å²) in [6, 6.07) is 5.53. The van der Waals surface area contributed by atoms with Crippen LogP contribution in [0.15, 0.2) is 49.1 Å². The number of carbonyl (C=O) groups excluding carboxylic acids is 1. The molecule has 0 saturated heterocycles. The van der Waals surface area contributed by atoms with Crippen molar-refractivity contribution in [1.82, 2.24) is 24.4 Å². The molecule has 0 unspecified atom stereocenters. The van der Waals surface area contributed by atoms with Gasteiger partial charge in [0.2, 0.25) is 0 Å². The van der Waals surface area contributed by atoms with Gasteiger partial charge in [-0.25, -0.2) is 14.3 Å². The van der Waals surface area contributed by atoms with Crippen molar-refractivity contribution < 1.29 is 51.3 Å². The van der Waals surface area contributed by atoms with Crippen molar-refractivity contribution in [3.8, 4) is 17.0 Å². The molecule has 0 aliphatic heterocycles. The van der Waals surface area contributed by atoms with Crippen LogP contribution in [0, 0.1) is 0 Å². The minimum Gasteiger partial charge on any atom is -0.480 e. The fourth-order valence-electron chi connectivity index (χ4n) is 2.99. The van der Waals surface area contributed by atoms with Crippen molar-refractivity contribution in [2.45, 2.75) is 19.3 Å². The van der Waals surface area contributed by atoms with E-state index in [1.54, 1.807) is 12.3 Å². The Morgan fingerprint density at radius 1 is 1.18 bits per heavy atom. The largest absolute Gasteiger partial charge is 0.490 e. The highest BCUT2D eigenvalue weighted by molar-refractivity contribution is 6.31. The van der Waals surface area contributed by atoms with E-state index in [1.807, 2.05) is 0 Å². The van der Waals surface area contributed by atoms with Gasteiger partial charge in [0.25, 0.3) is 5.91 Å². The minimum atomic E-state index is -5.08. The Labute approximate surface area is 218 Å². The first-order chi connectivity index (χ1) is 18.3. The van der Waals surface area contributed by atoms with Crippen molar-refractivity contribution in [1.29, 1.82) is 0 Å². The number of ether oxygens (including phenoxy) is 1. The summed E-state index contributed by atoms with van der Waals surface area (Å²) in [5.41, 5.74) is 0.497. The van der Waals surface area contributed by atoms with Gasteiger partial charge in [-0.1, -0.05) is 11.6 Å². The molecule has 12 nitrogen and oxygen atoms in total. The van der Waals surface area contributed by atoms with Crippen LogP contribution >= 0.6 is 11.6 Å². The average Bonchev–Trinajstić information content (AvgIpc) is 3.43. The van der Waals surface area contributed by atoms with Crippen molar-refractivity contribution in [3.63, 3.8) is 0 Å². The second kappa shape index (κ2) is 11.7. The van der Waals surface area contributed by atoms with Gasteiger partial charge in [-0.2, -0.15) is 32.1 Å². The molecule has 4 rings (SSSR count). The fraction of sp³-hybridized carbons (Fsp3) is 0.143. The Hall–Kier alpha value is -4.80. The van der Waals surface area contributed by atoms with E-state index in [4.69, 9.17) is 26.6 Å². The van der Waals surface area contributed by atoms with Gasteiger partial charge in [-0.05, 0) is 24.3 Å². The first-order valence-electron chi connectivity index (χ1n) is 10.2. The number of amides is 1. The highest BCUT2D eigenvalue weighted by Gasteiger charge is 2.38. The van der Waals surface area contributed by atoms with Crippen LogP contribution in [0.25, 0.3) is 16.9 Å². The molecular weight excluding hydrogens is 563 g/mol. The van der Waals surface area contributed by atoms with Gasteiger partial charge in [0.1, 0.15) is 23.6 Å². The molecular formula is C21H14ClF5N6O6. The molecule has 0 aliphatic rings. The van der Waals surface area contributed by atoms with E-state index in [0.29, 0.717) is 0 Å². The number of aliphatic carboxylic acids is 2. The van der Waals surface area contributed by atoms with E-state index in [1.165, 1.54) is 41.3 Å². The van der Waals surface area contributed by atoms with Crippen LogP contribution in [0.4, 0.5) is 27.6 Å². The monoisotopic (exact) mass is 576 g/mol. The zero-order valence-corrected chi connectivity index (χ0v) is 19.7. The summed E-state index contributed by atoms with van der Waals surface area (Å²) < 4.78 is 64.5. The quantitative estimate of drug-likeness (QED) is 0.278. The van der Waals surface area contributed by atoms with Crippen LogP contribution in [-0.2, 0) is 16.1 Å². The number of carboxylic acids is 2. The number of fused-ring (bicyclic) bond motifs is 1. The van der Waals surface area contributed by atoms with Gasteiger partial charge >= 0.3 is 24.7 Å². The third-order valence-corrected chi connectivity index (χ3v) is 4.72. The maximum atomic E-state index is 12.9. The molecule has 18 heteroatoms. The Bertz CT molecular complexity index is 1520. The molecule has 0 spiro atoms. The van der Waals surface area contributed by atoms with Crippen molar-refractivity contribution in [2.24, 2.45) is 0 Å². The summed E-state index contributed by atoms with van der Waals surface area (Å²) in [4.78, 5) is 37.0. The van der Waals surface area contributed by atoms with Crippen molar-refractivity contribution >= 4 is 40.8 Å². The molecule has 1 amide bonds. The maximum Gasteiger partial charge on any atom is 0.490 e. The van der Waals surface area contributed by atoms with E-state index in [-0.39, 0.29) is 38.9 Å². The number of hydrogen-bond acceptors (Lipinski definition) is 7. The molecule has 4 aromatic rings. The number of rotatable bonds is 7. The first-order valence-corrected chi connectivity index (χ1v) is 10.6. The molecule has 0 radical (unpaired) electrons. The number of hydrogen-bond donors (Lipinski definition) is 3. The van der Waals surface area contributed by atoms with Crippen LogP contribution in [0.2, 0.25) is 5.02 Å². The van der Waals surface area contributed by atoms with E-state index in [0.717, 1.165) is 4.68 Å². The Balaban J connectivity index is 0.000000532. The number of anilines is 1. The van der Waals surface area contributed by atoms with E-state index in [2.05, 4.69) is 25.2 Å². The van der Waals surface area contributed by atoms with Crippen LogP contribution in [0.3, 0.4) is 0 Å². The number of nitrogens with zero attached hydrogens (tertiary/aromatic N) is 5. The Morgan fingerprint density at radius 2 is 1.87 bits per heavy atom. The molecule has 0 bridgehead atoms. The standard InChI is InChI=1S/C19H13ClF2N6O4.C2HF3O2/c20-10-2-3-14(32-19(21)22)11(6-10)16-13(8-27(26-16)9-15(29)30)25-18(31)12-7-24-28-5-1-4-23-17(12)28;3-2(4,5)1(6)7/h1-8,19H,9H2,(H,25,31)(H,29,30);(H,6,7). The van der Waals surface area contributed by atoms with E-state index in [9.17, 15) is 31.5 Å². The molecule has 0 fully saturated rings. The minimum absolute atomic E-state index is 0.0119. The van der Waals surface area contributed by atoms with Crippen LogP contribution in [0.1, 0.15) is 10.4 Å². The molecule has 206 valence electrons. The Morgan fingerprint density at radius 3 is 2.49 bits per heavy atom. The number of alkyl halides is 5. The lowest BCUT2D eigenvalue weighted by Gasteiger charge is -2.11. The van der Waals surface area contributed by atoms with Gasteiger partial charge in [-0.15, -0.1) is 0 Å². The van der Waals surface area contributed by atoms with Gasteiger partial charge in [0.05, 0.1) is 11.9 Å². The molecule has 3 aromatic heterocycles. The molecule has 39 heavy (non-hydrogen) atoms. The predicted molar refractivity (Wildman–Crippen MR) is 122 cm³/mol. The van der Waals surface area contributed by atoms with E-state index < -0.39 is 37.2 Å². The average molecular weight is 577 g/mol. The fourth-order valence-corrected chi connectivity index (χ4v) is 3.17. The van der Waals surface area contributed by atoms with Crippen LogP contribution in [0.5, 0.6) is 5.75 Å². The number of carboxylic acid groups (broad SMARTS) is 2. The third-order valence-electron chi connectivity index (χ3n) is 4.49. The molecule has 0 atom stereocenters. The third kappa shape index (κ3) is 7.37. The van der Waals surface area contributed by atoms with E-state index >= 15 is 0 Å². The summed E-state index contributed by atoms with van der Waals surface area (Å²) in [6.07, 6.45) is 0.580. The van der Waals surface area contributed by atoms with Gasteiger partial charge in [0, 0.05) is 29.2 Å². The summed E-state index contributed by atoms with van der Waals surface area (Å²) in [5, 5.41) is 27.2. The smallest absolute Gasteiger partial charge is 0.480 e. The van der Waals surface area contributed by atoms with Crippen molar-refractivity contribution in [2.75, 3.05) is 5.32 Å². The molecule has 0 saturated carbocycles. The van der Waals surface area contributed by atoms with Crippen LogP contribution in [-0.4, -0.2) is 65.2 Å². The SMILES string of the molecule is O=C(O)C(F)(F)F.O=C(O)Cn1cc(NC(=O)c2cnn3cccnc23)c(-c2cc(Cl)ccc2OC(F)F)n1. The molecule has 0 aliphatic carbocycles. The maximum absolute atomic E-state index is 12.9. The lowest BCUT2D eigenvalue weighted by atomic mass is 10.1. The van der Waals surface area contributed by atoms with Gasteiger partial charge in [0.15, 0.2) is 5.65 Å². The second-order valence-electron chi connectivity index (χ2n) is 7.20. The van der Waals surface area contributed by atoms with Gasteiger partial charge < -0.3 is 20.3 Å². The normalized spacial score (nSPS) is 11.2. The number of benzene rings is 1. The lowest BCUT2D eigenvalue weighted by molar-refractivity contribution is -0.192. The number of aromatic nitrogens is 5. The summed E-state index contributed by atoms with van der Waals surface area (Å²) in [5.74, 6) is -4.82. The van der Waals surface area contributed by atoms with Crippen LogP contribution < -0.4 is 10.1 Å². The summed E-state index contributed by atoms with van der Waals surface area (Å²) in [6.45, 7) is -3.66. The zero-order valence-electron chi connectivity index (χ0n) is 18.9. The highest BCUT2D eigenvalue weighted by Crippen LogP contribution is 2.37. The lowest BCUT2D eigenvalue weighted by Crippen LogP contribution is -2.21. The zero-order chi connectivity index (χ0) is 28.9. The molecule has 1 aromatic carbocycles. The number of nitrogens with one attached hydrogen (secondary N) is 1. The molecule has 3 heterocycles. The highest BCUT2D eigenvalue weighted by atomic mass is 35.5. The second-order valence-corrected chi connectivity index (χ2v) is 7.64. The summed E-state index contributed by atoms with van der Waals surface area (Å²) >= 11 is 6.02. The van der Waals surface area contributed by atoms with Crippen molar-refractivity contribution in [3.05, 3.63) is 59.6 Å². The first kappa shape index (κ1) is 28.8. The van der Waals surface area contributed by atoms with Gasteiger partial charge in [-0.3, -0.25) is 14.3 Å². The number of carbonyl (C=O) groups is 3. The Kier molecular flexibility index (Phi) is 8.64. The predicted octanol–water partition coefficient (Wildman–Crippen LogP) is 3.82. The topological polar surface area (TPSA) is 161 Å². The molecule has 3 N–H and O–H groups in total. The summed E-state index contributed by atoms with van der Waals surface area (Å²) in [7, 11) is 0.